The summed E-state index contributed by atoms with van der Waals surface area (Å²) in [5.41, 5.74) is 3.05. The summed E-state index contributed by atoms with van der Waals surface area (Å²) in [6.45, 7) is 3.98. The third-order valence-corrected chi connectivity index (χ3v) is 3.51. The number of aryl methyl sites for hydroxylation is 2. The first-order valence-corrected chi connectivity index (χ1v) is 6.63. The lowest BCUT2D eigenvalue weighted by Crippen LogP contribution is -2.10. The van der Waals surface area contributed by atoms with Crippen molar-refractivity contribution >= 4 is 29.0 Å². The van der Waals surface area contributed by atoms with Crippen LogP contribution in [0.4, 0.5) is 5.69 Å². The molecule has 1 amide bonds. The Morgan fingerprint density at radius 2 is 1.89 bits per heavy atom. The van der Waals surface area contributed by atoms with Crippen LogP contribution in [-0.4, -0.2) is 5.91 Å². The number of hydrogen-bond donors (Lipinski definition) is 1. The van der Waals surface area contributed by atoms with Crippen LogP contribution in [0.25, 0.3) is 6.08 Å². The van der Waals surface area contributed by atoms with Crippen molar-refractivity contribution in [1.82, 2.24) is 0 Å². The number of rotatable bonds is 3. The number of thiophene rings is 1. The molecule has 1 N–H and O–H groups in total. The molecule has 2 nitrogen and oxygen atoms in total. The molecular formula is C15H15NOS. The summed E-state index contributed by atoms with van der Waals surface area (Å²) in [5, 5.41) is 4.91. The highest BCUT2D eigenvalue weighted by atomic mass is 32.1. The zero-order valence-electron chi connectivity index (χ0n) is 10.4. The van der Waals surface area contributed by atoms with Gasteiger partial charge >= 0.3 is 0 Å². The van der Waals surface area contributed by atoms with Gasteiger partial charge in [-0.3, -0.25) is 4.79 Å². The van der Waals surface area contributed by atoms with Crippen LogP contribution in [0.5, 0.6) is 0 Å². The van der Waals surface area contributed by atoms with E-state index in [0.717, 1.165) is 21.7 Å². The Morgan fingerprint density at radius 3 is 2.50 bits per heavy atom. The highest BCUT2D eigenvalue weighted by Gasteiger charge is 2.04. The predicted molar refractivity (Wildman–Crippen MR) is 77.9 cm³/mol. The molecule has 0 aliphatic carbocycles. The minimum absolute atomic E-state index is 0.0965. The van der Waals surface area contributed by atoms with Crippen molar-refractivity contribution in [3.8, 4) is 0 Å². The van der Waals surface area contributed by atoms with Crippen molar-refractivity contribution in [3.63, 3.8) is 0 Å². The fourth-order valence-corrected chi connectivity index (χ4v) is 2.34. The monoisotopic (exact) mass is 257 g/mol. The summed E-state index contributed by atoms with van der Waals surface area (Å²) >= 11 is 1.61. The third-order valence-electron chi connectivity index (χ3n) is 2.67. The van der Waals surface area contributed by atoms with Gasteiger partial charge in [-0.1, -0.05) is 24.3 Å². The Hall–Kier alpha value is -1.87. The van der Waals surface area contributed by atoms with Gasteiger partial charge < -0.3 is 5.32 Å². The van der Waals surface area contributed by atoms with E-state index in [4.69, 9.17) is 0 Å². The quantitative estimate of drug-likeness (QED) is 0.827. The number of anilines is 1. The molecule has 2 rings (SSSR count). The summed E-state index contributed by atoms with van der Waals surface area (Å²) in [5.74, 6) is -0.0965. The number of nitrogens with one attached hydrogen (secondary N) is 1. The normalized spacial score (nSPS) is 10.8. The molecule has 0 fully saturated rings. The Labute approximate surface area is 111 Å². The zero-order chi connectivity index (χ0) is 13.0. The van der Waals surface area contributed by atoms with Gasteiger partial charge in [0.15, 0.2) is 0 Å². The maximum absolute atomic E-state index is 11.8. The molecule has 18 heavy (non-hydrogen) atoms. The fourth-order valence-electron chi connectivity index (χ4n) is 1.72. The number of amides is 1. The molecule has 0 aliphatic rings. The molecular weight excluding hydrogens is 242 g/mol. The molecule has 0 radical (unpaired) electrons. The van der Waals surface area contributed by atoms with Gasteiger partial charge in [-0.25, -0.2) is 0 Å². The summed E-state index contributed by atoms with van der Waals surface area (Å²) in [7, 11) is 0. The molecule has 3 heteroatoms. The fraction of sp³-hybridized carbons (Fsp3) is 0.133. The van der Waals surface area contributed by atoms with E-state index >= 15 is 0 Å². The molecule has 0 atom stereocenters. The second kappa shape index (κ2) is 5.65. The second-order valence-electron chi connectivity index (χ2n) is 4.10. The number of benzene rings is 1. The van der Waals surface area contributed by atoms with Crippen molar-refractivity contribution in [2.75, 3.05) is 5.32 Å². The lowest BCUT2D eigenvalue weighted by molar-refractivity contribution is -0.111. The van der Waals surface area contributed by atoms with E-state index in [1.54, 1.807) is 17.4 Å². The van der Waals surface area contributed by atoms with Gasteiger partial charge in [-0.05, 0) is 42.5 Å². The van der Waals surface area contributed by atoms with Crippen LogP contribution in [-0.2, 0) is 4.79 Å². The molecule has 0 spiro atoms. The molecule has 0 unspecified atom stereocenters. The number of carbonyl (C=O) groups excluding carboxylic acids is 1. The smallest absolute Gasteiger partial charge is 0.248 e. The van der Waals surface area contributed by atoms with Gasteiger partial charge in [0.25, 0.3) is 0 Å². The van der Waals surface area contributed by atoms with Crippen molar-refractivity contribution < 1.29 is 4.79 Å². The minimum atomic E-state index is -0.0965. The predicted octanol–water partition coefficient (Wildman–Crippen LogP) is 4.02. The molecule has 92 valence electrons. The largest absolute Gasteiger partial charge is 0.322 e. The number of hydrogen-bond acceptors (Lipinski definition) is 2. The Morgan fingerprint density at radius 1 is 1.17 bits per heavy atom. The van der Waals surface area contributed by atoms with E-state index in [0.29, 0.717) is 0 Å². The van der Waals surface area contributed by atoms with Gasteiger partial charge in [0, 0.05) is 16.6 Å². The van der Waals surface area contributed by atoms with Gasteiger partial charge in [-0.2, -0.15) is 0 Å². The first-order chi connectivity index (χ1) is 8.66. The van der Waals surface area contributed by atoms with Crippen LogP contribution >= 0.6 is 11.3 Å². The Kier molecular flexibility index (Phi) is 3.95. The van der Waals surface area contributed by atoms with Crippen LogP contribution in [0.2, 0.25) is 0 Å². The Balaban J connectivity index is 2.08. The number of para-hydroxylation sites is 1. The summed E-state index contributed by atoms with van der Waals surface area (Å²) < 4.78 is 0. The van der Waals surface area contributed by atoms with Crippen LogP contribution in [0.1, 0.15) is 16.0 Å². The van der Waals surface area contributed by atoms with Gasteiger partial charge in [0.05, 0.1) is 0 Å². The van der Waals surface area contributed by atoms with Crippen LogP contribution < -0.4 is 5.32 Å². The minimum Gasteiger partial charge on any atom is -0.322 e. The maximum atomic E-state index is 11.8. The molecule has 0 aliphatic heterocycles. The molecule has 0 saturated heterocycles. The van der Waals surface area contributed by atoms with Crippen LogP contribution in [0, 0.1) is 13.8 Å². The summed E-state index contributed by atoms with van der Waals surface area (Å²) in [6, 6.07) is 9.92. The zero-order valence-corrected chi connectivity index (χ0v) is 11.3. The molecule has 0 saturated carbocycles. The summed E-state index contributed by atoms with van der Waals surface area (Å²) in [6.07, 6.45) is 3.39. The molecule has 1 aromatic heterocycles. The summed E-state index contributed by atoms with van der Waals surface area (Å²) in [4.78, 5) is 12.9. The topological polar surface area (TPSA) is 29.1 Å². The first-order valence-electron chi connectivity index (χ1n) is 5.75. The lowest BCUT2D eigenvalue weighted by Gasteiger charge is -2.09. The van der Waals surface area contributed by atoms with Crippen LogP contribution in [0.15, 0.2) is 41.8 Å². The maximum Gasteiger partial charge on any atom is 0.248 e. The van der Waals surface area contributed by atoms with E-state index < -0.39 is 0 Å². The average Bonchev–Trinajstić information content (AvgIpc) is 2.84. The van der Waals surface area contributed by atoms with Gasteiger partial charge in [-0.15, -0.1) is 11.3 Å². The average molecular weight is 257 g/mol. The molecule has 2 aromatic rings. The van der Waals surface area contributed by atoms with E-state index in [1.165, 1.54) is 0 Å². The third kappa shape index (κ3) is 3.08. The second-order valence-corrected chi connectivity index (χ2v) is 5.08. The molecule has 1 aromatic carbocycles. The first kappa shape index (κ1) is 12.6. The van der Waals surface area contributed by atoms with E-state index in [-0.39, 0.29) is 5.91 Å². The standard InChI is InChI=1S/C15H15NOS/c1-11-5-3-6-12(2)15(11)16-14(17)9-8-13-7-4-10-18-13/h3-10H,1-2H3,(H,16,17)/b9-8+. The van der Waals surface area contributed by atoms with E-state index in [2.05, 4.69) is 5.32 Å². The molecule has 0 bridgehead atoms. The van der Waals surface area contributed by atoms with Crippen LogP contribution in [0.3, 0.4) is 0 Å². The molecule has 1 heterocycles. The number of carbonyl (C=O) groups is 1. The highest BCUT2D eigenvalue weighted by Crippen LogP contribution is 2.19. The van der Waals surface area contributed by atoms with E-state index in [9.17, 15) is 4.79 Å². The lowest BCUT2D eigenvalue weighted by atomic mass is 10.1. The highest BCUT2D eigenvalue weighted by molar-refractivity contribution is 7.10. The van der Waals surface area contributed by atoms with E-state index in [1.807, 2.05) is 55.6 Å². The van der Waals surface area contributed by atoms with Gasteiger partial charge in [0.2, 0.25) is 5.91 Å². The van der Waals surface area contributed by atoms with Gasteiger partial charge in [0.1, 0.15) is 0 Å². The van der Waals surface area contributed by atoms with Crippen molar-refractivity contribution in [1.29, 1.82) is 0 Å². The van der Waals surface area contributed by atoms with Crippen molar-refractivity contribution in [3.05, 3.63) is 57.8 Å². The van der Waals surface area contributed by atoms with Crippen molar-refractivity contribution in [2.24, 2.45) is 0 Å². The SMILES string of the molecule is Cc1cccc(C)c1NC(=O)/C=C/c1cccs1. The Bertz CT molecular complexity index is 550. The van der Waals surface area contributed by atoms with Crippen molar-refractivity contribution in [2.45, 2.75) is 13.8 Å².